The topological polar surface area (TPSA) is 78.9 Å². The SMILES string of the molecule is CC/C=C\C/C=C\C/C=C\CCCCCCC(=O)OC(COC(=O)CCCC/C=C\C/C=C\CC)COC(=O)CCCCCCCCC/C=C\C/C=C\CCCCC. The quantitative estimate of drug-likeness (QED) is 0.0265. The third kappa shape index (κ3) is 43.7. The molecule has 1 atom stereocenters. The Labute approximate surface area is 356 Å². The van der Waals surface area contributed by atoms with Gasteiger partial charge in [-0.05, 0) is 109 Å². The van der Waals surface area contributed by atoms with Crippen molar-refractivity contribution < 1.29 is 28.6 Å². The minimum Gasteiger partial charge on any atom is -0.462 e. The molecule has 0 aliphatic rings. The van der Waals surface area contributed by atoms with Gasteiger partial charge in [0, 0.05) is 19.3 Å². The molecule has 0 spiro atoms. The first-order chi connectivity index (χ1) is 28.5. The number of esters is 3. The first-order valence-corrected chi connectivity index (χ1v) is 23.6. The highest BCUT2D eigenvalue weighted by molar-refractivity contribution is 5.71. The van der Waals surface area contributed by atoms with Crippen LogP contribution in [-0.4, -0.2) is 37.2 Å². The van der Waals surface area contributed by atoms with Gasteiger partial charge in [-0.25, -0.2) is 0 Å². The Morgan fingerprint density at radius 1 is 0.362 bits per heavy atom. The van der Waals surface area contributed by atoms with Crippen LogP contribution in [0.1, 0.15) is 207 Å². The summed E-state index contributed by atoms with van der Waals surface area (Å²) in [6.45, 7) is 6.30. The predicted molar refractivity (Wildman–Crippen MR) is 247 cm³/mol. The summed E-state index contributed by atoms with van der Waals surface area (Å²) in [4.78, 5) is 37.7. The smallest absolute Gasteiger partial charge is 0.306 e. The number of hydrogen-bond donors (Lipinski definition) is 0. The Morgan fingerprint density at radius 3 is 1.09 bits per heavy atom. The molecule has 0 radical (unpaired) electrons. The number of carbonyl (C=O) groups is 3. The van der Waals surface area contributed by atoms with Gasteiger partial charge in [0.05, 0.1) is 0 Å². The third-order valence-electron chi connectivity index (χ3n) is 9.61. The molecule has 0 N–H and O–H groups in total. The fourth-order valence-electron chi connectivity index (χ4n) is 6.11. The fourth-order valence-corrected chi connectivity index (χ4v) is 6.11. The van der Waals surface area contributed by atoms with Crippen LogP contribution < -0.4 is 0 Å². The first kappa shape index (κ1) is 54.6. The van der Waals surface area contributed by atoms with Crippen LogP contribution in [0.5, 0.6) is 0 Å². The van der Waals surface area contributed by atoms with E-state index in [1.54, 1.807) is 0 Å². The zero-order valence-electron chi connectivity index (χ0n) is 37.5. The number of allylic oxidation sites excluding steroid dienone is 14. The lowest BCUT2D eigenvalue weighted by Crippen LogP contribution is -2.30. The predicted octanol–water partition coefficient (Wildman–Crippen LogP) is 15.3. The van der Waals surface area contributed by atoms with Gasteiger partial charge >= 0.3 is 17.9 Å². The minimum absolute atomic E-state index is 0.101. The van der Waals surface area contributed by atoms with E-state index in [0.717, 1.165) is 116 Å². The Kier molecular flexibility index (Phi) is 43.6. The molecule has 0 aromatic carbocycles. The van der Waals surface area contributed by atoms with Gasteiger partial charge < -0.3 is 14.2 Å². The van der Waals surface area contributed by atoms with Gasteiger partial charge in [0.15, 0.2) is 6.10 Å². The van der Waals surface area contributed by atoms with Crippen molar-refractivity contribution in [2.45, 2.75) is 213 Å². The molecule has 0 aromatic heterocycles. The van der Waals surface area contributed by atoms with Gasteiger partial charge in [0.25, 0.3) is 0 Å². The van der Waals surface area contributed by atoms with Crippen molar-refractivity contribution in [2.24, 2.45) is 0 Å². The number of rotatable bonds is 41. The normalized spacial score (nSPS) is 12.8. The molecule has 0 aliphatic heterocycles. The van der Waals surface area contributed by atoms with Crippen molar-refractivity contribution in [3.05, 3.63) is 85.1 Å². The molecule has 6 nitrogen and oxygen atoms in total. The van der Waals surface area contributed by atoms with Crippen LogP contribution in [-0.2, 0) is 28.6 Å². The second-order valence-electron chi connectivity index (χ2n) is 15.2. The van der Waals surface area contributed by atoms with Crippen molar-refractivity contribution in [3.63, 3.8) is 0 Å². The second kappa shape index (κ2) is 46.3. The maximum absolute atomic E-state index is 12.7. The maximum Gasteiger partial charge on any atom is 0.306 e. The molecule has 0 bridgehead atoms. The summed E-state index contributed by atoms with van der Waals surface area (Å²) in [6.07, 6.45) is 58.6. The van der Waals surface area contributed by atoms with Gasteiger partial charge in [-0.2, -0.15) is 0 Å². The van der Waals surface area contributed by atoms with E-state index in [4.69, 9.17) is 14.2 Å². The zero-order valence-corrected chi connectivity index (χ0v) is 37.5. The van der Waals surface area contributed by atoms with Crippen LogP contribution in [0.2, 0.25) is 0 Å². The van der Waals surface area contributed by atoms with E-state index in [1.807, 2.05) is 0 Å². The van der Waals surface area contributed by atoms with E-state index in [-0.39, 0.29) is 31.1 Å². The summed E-state index contributed by atoms with van der Waals surface area (Å²) < 4.78 is 16.7. The summed E-state index contributed by atoms with van der Waals surface area (Å²) in [5, 5.41) is 0. The highest BCUT2D eigenvalue weighted by atomic mass is 16.6. The lowest BCUT2D eigenvalue weighted by molar-refractivity contribution is -0.167. The highest BCUT2D eigenvalue weighted by Crippen LogP contribution is 2.13. The highest BCUT2D eigenvalue weighted by Gasteiger charge is 2.19. The Bertz CT molecular complexity index is 1160. The second-order valence-corrected chi connectivity index (χ2v) is 15.2. The molecule has 1 unspecified atom stereocenters. The summed E-state index contributed by atoms with van der Waals surface area (Å²) >= 11 is 0. The largest absolute Gasteiger partial charge is 0.462 e. The molecule has 6 heteroatoms. The lowest BCUT2D eigenvalue weighted by atomic mass is 10.1. The first-order valence-electron chi connectivity index (χ1n) is 23.6. The van der Waals surface area contributed by atoms with Crippen molar-refractivity contribution in [3.8, 4) is 0 Å². The van der Waals surface area contributed by atoms with Crippen molar-refractivity contribution in [1.82, 2.24) is 0 Å². The molecule has 0 fully saturated rings. The summed E-state index contributed by atoms with van der Waals surface area (Å²) in [7, 11) is 0. The van der Waals surface area contributed by atoms with Crippen molar-refractivity contribution >= 4 is 17.9 Å². The fraction of sp³-hybridized carbons (Fsp3) is 0.673. The summed E-state index contributed by atoms with van der Waals surface area (Å²) in [6, 6.07) is 0. The average Bonchev–Trinajstić information content (AvgIpc) is 3.22. The molecular formula is C52H86O6. The molecule has 330 valence electrons. The molecule has 0 aliphatic carbocycles. The standard InChI is InChI=1S/C52H86O6/c1-4-7-10-13-16-19-21-23-25-26-27-29-30-33-36-39-42-45-51(54)57-48-49(47-56-50(53)44-41-38-35-32-18-15-12-9-6-3)58-52(55)46-43-40-37-34-31-28-24-22-20-17-14-11-8-5-2/h8-9,11-12,16-20,23-25,28,32,49H,4-7,10,13-15,21-22,26-27,29-31,33-48H2,1-3H3/b11-8-,12-9-,19-16-,20-17-,25-23-,28-24-,32-18-. The van der Waals surface area contributed by atoms with Gasteiger partial charge in [0.1, 0.15) is 13.2 Å². The Hall–Kier alpha value is -3.41. The molecule has 0 saturated carbocycles. The van der Waals surface area contributed by atoms with E-state index < -0.39 is 6.10 Å². The monoisotopic (exact) mass is 807 g/mol. The molecule has 0 heterocycles. The minimum atomic E-state index is -0.803. The van der Waals surface area contributed by atoms with E-state index in [1.165, 1.54) is 51.4 Å². The lowest BCUT2D eigenvalue weighted by Gasteiger charge is -2.18. The van der Waals surface area contributed by atoms with Gasteiger partial charge in [0.2, 0.25) is 0 Å². The van der Waals surface area contributed by atoms with Crippen LogP contribution in [0.15, 0.2) is 85.1 Å². The van der Waals surface area contributed by atoms with Crippen LogP contribution in [0.4, 0.5) is 0 Å². The van der Waals surface area contributed by atoms with Gasteiger partial charge in [-0.1, -0.05) is 164 Å². The van der Waals surface area contributed by atoms with Gasteiger partial charge in [-0.15, -0.1) is 0 Å². The summed E-state index contributed by atoms with van der Waals surface area (Å²) in [5.41, 5.74) is 0. The van der Waals surface area contributed by atoms with E-state index in [9.17, 15) is 14.4 Å². The molecular weight excluding hydrogens is 721 g/mol. The average molecular weight is 807 g/mol. The van der Waals surface area contributed by atoms with Crippen LogP contribution >= 0.6 is 0 Å². The Morgan fingerprint density at radius 2 is 0.672 bits per heavy atom. The summed E-state index contributed by atoms with van der Waals surface area (Å²) in [5.74, 6) is -0.976. The number of carbonyl (C=O) groups excluding carboxylic acids is 3. The molecule has 0 aromatic rings. The van der Waals surface area contributed by atoms with Crippen LogP contribution in [0.3, 0.4) is 0 Å². The van der Waals surface area contributed by atoms with Crippen LogP contribution in [0.25, 0.3) is 0 Å². The molecule has 58 heavy (non-hydrogen) atoms. The zero-order chi connectivity index (χ0) is 42.3. The van der Waals surface area contributed by atoms with E-state index in [2.05, 4.69) is 106 Å². The van der Waals surface area contributed by atoms with E-state index >= 15 is 0 Å². The van der Waals surface area contributed by atoms with Gasteiger partial charge in [-0.3, -0.25) is 14.4 Å². The third-order valence-corrected chi connectivity index (χ3v) is 9.61. The van der Waals surface area contributed by atoms with Crippen molar-refractivity contribution in [2.75, 3.05) is 13.2 Å². The van der Waals surface area contributed by atoms with E-state index in [0.29, 0.717) is 19.3 Å². The Balaban J connectivity index is 4.41. The van der Waals surface area contributed by atoms with Crippen molar-refractivity contribution in [1.29, 1.82) is 0 Å². The molecule has 0 amide bonds. The number of hydrogen-bond acceptors (Lipinski definition) is 6. The molecule has 0 saturated heterocycles. The molecule has 0 rings (SSSR count). The number of unbranched alkanes of at least 4 members (excludes halogenated alkanes) is 16. The van der Waals surface area contributed by atoms with Crippen LogP contribution in [0, 0.1) is 0 Å². The number of ether oxygens (including phenoxy) is 3. The maximum atomic E-state index is 12.7.